The lowest BCUT2D eigenvalue weighted by atomic mass is 9.89. The fraction of sp³-hybridized carbons (Fsp3) is 0.550. The molecular formula is C20H26N4O2. The second-order valence-corrected chi connectivity index (χ2v) is 7.67. The fourth-order valence-electron chi connectivity index (χ4n) is 4.48. The van der Waals surface area contributed by atoms with Crippen molar-refractivity contribution >= 4 is 17.5 Å². The molecule has 0 spiro atoms. The van der Waals surface area contributed by atoms with Crippen LogP contribution < -0.4 is 5.73 Å². The molecule has 0 aromatic heterocycles. The Bertz CT molecular complexity index is 713. The van der Waals surface area contributed by atoms with E-state index in [1.807, 2.05) is 0 Å². The largest absolute Gasteiger partial charge is 0.366 e. The summed E-state index contributed by atoms with van der Waals surface area (Å²) in [7, 11) is 0. The van der Waals surface area contributed by atoms with Crippen molar-refractivity contribution in [3.05, 3.63) is 36.0 Å². The Kier molecular flexibility index (Phi) is 4.76. The summed E-state index contributed by atoms with van der Waals surface area (Å²) in [5.74, 6) is -0.491. The molecule has 0 saturated carbocycles. The maximum Gasteiger partial charge on any atom is 0.256 e. The predicted octanol–water partition coefficient (Wildman–Crippen LogP) is 1.60. The maximum atomic E-state index is 12.9. The first-order valence-electron chi connectivity index (χ1n) is 9.60. The van der Waals surface area contributed by atoms with Crippen molar-refractivity contribution in [2.24, 2.45) is 22.7 Å². The van der Waals surface area contributed by atoms with Gasteiger partial charge in [0, 0.05) is 25.2 Å². The van der Waals surface area contributed by atoms with Gasteiger partial charge >= 0.3 is 0 Å². The Morgan fingerprint density at radius 1 is 1.23 bits per heavy atom. The highest BCUT2D eigenvalue weighted by Crippen LogP contribution is 2.31. The molecule has 138 valence electrons. The summed E-state index contributed by atoms with van der Waals surface area (Å²) in [6.45, 7) is 3.15. The number of carbonyl (C=O) groups is 2. The van der Waals surface area contributed by atoms with Crippen LogP contribution in [0.4, 0.5) is 0 Å². The van der Waals surface area contributed by atoms with Crippen LogP contribution in [0.5, 0.6) is 0 Å². The molecule has 0 bridgehead atoms. The molecule has 2 aliphatic heterocycles. The number of rotatable bonds is 4. The summed E-state index contributed by atoms with van der Waals surface area (Å²) < 4.78 is 0. The summed E-state index contributed by atoms with van der Waals surface area (Å²) in [6, 6.07) is 0.116. The van der Waals surface area contributed by atoms with Crippen LogP contribution >= 0.6 is 0 Å². The van der Waals surface area contributed by atoms with Gasteiger partial charge in [-0.05, 0) is 44.1 Å². The van der Waals surface area contributed by atoms with Crippen molar-refractivity contribution < 1.29 is 9.59 Å². The zero-order valence-electron chi connectivity index (χ0n) is 15.0. The summed E-state index contributed by atoms with van der Waals surface area (Å²) in [5, 5.41) is 6.14. The fourth-order valence-corrected chi connectivity index (χ4v) is 4.48. The van der Waals surface area contributed by atoms with Crippen molar-refractivity contribution in [1.82, 2.24) is 9.91 Å². The summed E-state index contributed by atoms with van der Waals surface area (Å²) in [5.41, 5.74) is 6.43. The molecule has 1 fully saturated rings. The molecule has 26 heavy (non-hydrogen) atoms. The third kappa shape index (κ3) is 3.26. The number of likely N-dealkylation sites (tertiary alicyclic amines) is 1. The Morgan fingerprint density at radius 2 is 2.04 bits per heavy atom. The average Bonchev–Trinajstić information content (AvgIpc) is 3.00. The summed E-state index contributed by atoms with van der Waals surface area (Å²) in [4.78, 5) is 27.0. The lowest BCUT2D eigenvalue weighted by Gasteiger charge is -2.37. The minimum absolute atomic E-state index is 0.106. The van der Waals surface area contributed by atoms with E-state index < -0.39 is 11.8 Å². The quantitative estimate of drug-likeness (QED) is 0.779. The van der Waals surface area contributed by atoms with Crippen LogP contribution in [0.1, 0.15) is 32.1 Å². The van der Waals surface area contributed by atoms with Crippen LogP contribution in [-0.2, 0) is 9.59 Å². The van der Waals surface area contributed by atoms with Crippen LogP contribution in [-0.4, -0.2) is 53.1 Å². The molecule has 6 nitrogen and oxygen atoms in total. The zero-order valence-corrected chi connectivity index (χ0v) is 15.0. The van der Waals surface area contributed by atoms with E-state index in [9.17, 15) is 9.59 Å². The number of nitrogens with zero attached hydrogens (tertiary/aromatic N) is 3. The third-order valence-corrected chi connectivity index (χ3v) is 5.93. The van der Waals surface area contributed by atoms with Gasteiger partial charge in [-0.3, -0.25) is 9.59 Å². The molecule has 6 heteroatoms. The van der Waals surface area contributed by atoms with Gasteiger partial charge in [0.15, 0.2) is 0 Å². The number of primary amides is 1. The number of nitrogens with two attached hydrogens (primary N) is 1. The number of allylic oxidation sites excluding steroid dienone is 5. The number of carbonyl (C=O) groups excluding carboxylic acids is 2. The van der Waals surface area contributed by atoms with Gasteiger partial charge in [-0.2, -0.15) is 5.10 Å². The maximum absolute atomic E-state index is 12.9. The van der Waals surface area contributed by atoms with Gasteiger partial charge in [0.2, 0.25) is 5.91 Å². The first-order valence-corrected chi connectivity index (χ1v) is 9.60. The summed E-state index contributed by atoms with van der Waals surface area (Å²) in [6.07, 6.45) is 15.3. The van der Waals surface area contributed by atoms with Crippen LogP contribution in [0.25, 0.3) is 0 Å². The van der Waals surface area contributed by atoms with E-state index in [2.05, 4.69) is 22.2 Å². The Morgan fingerprint density at radius 3 is 2.73 bits per heavy atom. The molecule has 4 rings (SSSR count). The van der Waals surface area contributed by atoms with Crippen LogP contribution in [0.3, 0.4) is 0 Å². The standard InChI is InChI=1S/C20H26N4O2/c21-19(25)16-7-4-8-17-18(16)20(26)24(22-17)15-9-11-23(12-10-15)13-14-5-2-1-3-6-14/h1-2,4,7-8,14-15,18H,3,5-6,9-13H2,(H2,21,25). The van der Waals surface area contributed by atoms with Crippen molar-refractivity contribution in [2.45, 2.75) is 38.1 Å². The molecular weight excluding hydrogens is 328 g/mol. The SMILES string of the molecule is NC(=O)C1=CC=CC2=NN(C3CCN(CC4CC=CCC4)CC3)C(=O)C12. The molecule has 1 saturated heterocycles. The van der Waals surface area contributed by atoms with Gasteiger partial charge in [-0.15, -0.1) is 0 Å². The normalized spacial score (nSPS) is 29.5. The number of piperidine rings is 1. The molecule has 2 N–H and O–H groups in total. The van der Waals surface area contributed by atoms with Crippen molar-refractivity contribution in [3.63, 3.8) is 0 Å². The minimum atomic E-state index is -0.607. The number of amides is 2. The van der Waals surface area contributed by atoms with E-state index in [1.165, 1.54) is 19.3 Å². The molecule has 0 radical (unpaired) electrons. The van der Waals surface area contributed by atoms with Crippen molar-refractivity contribution in [2.75, 3.05) is 19.6 Å². The first-order chi connectivity index (χ1) is 12.6. The predicted molar refractivity (Wildman–Crippen MR) is 100 cm³/mol. The van der Waals surface area contributed by atoms with Gasteiger partial charge in [0.25, 0.3) is 5.91 Å². The molecule has 2 unspecified atom stereocenters. The zero-order chi connectivity index (χ0) is 18.1. The van der Waals surface area contributed by atoms with E-state index in [-0.39, 0.29) is 11.9 Å². The van der Waals surface area contributed by atoms with E-state index in [0.717, 1.165) is 38.4 Å². The van der Waals surface area contributed by atoms with Crippen molar-refractivity contribution in [3.8, 4) is 0 Å². The van der Waals surface area contributed by atoms with E-state index in [0.29, 0.717) is 11.3 Å². The molecule has 2 amide bonds. The Labute approximate surface area is 154 Å². The molecule has 2 aliphatic carbocycles. The monoisotopic (exact) mass is 354 g/mol. The number of hydrogen-bond donors (Lipinski definition) is 1. The third-order valence-electron chi connectivity index (χ3n) is 5.93. The Hall–Kier alpha value is -2.21. The highest BCUT2D eigenvalue weighted by atomic mass is 16.2. The van der Waals surface area contributed by atoms with E-state index in [4.69, 9.17) is 5.73 Å². The van der Waals surface area contributed by atoms with Crippen LogP contribution in [0.15, 0.2) is 41.1 Å². The highest BCUT2D eigenvalue weighted by Gasteiger charge is 2.43. The minimum Gasteiger partial charge on any atom is -0.366 e. The number of hydrazone groups is 1. The van der Waals surface area contributed by atoms with E-state index in [1.54, 1.807) is 23.2 Å². The molecule has 4 aliphatic rings. The van der Waals surface area contributed by atoms with Crippen molar-refractivity contribution in [1.29, 1.82) is 0 Å². The average molecular weight is 354 g/mol. The second kappa shape index (κ2) is 7.19. The van der Waals surface area contributed by atoms with Gasteiger partial charge in [0.1, 0.15) is 5.92 Å². The smallest absolute Gasteiger partial charge is 0.256 e. The topological polar surface area (TPSA) is 79.0 Å². The highest BCUT2D eigenvalue weighted by molar-refractivity contribution is 6.21. The van der Waals surface area contributed by atoms with Gasteiger partial charge in [-0.25, -0.2) is 5.01 Å². The van der Waals surface area contributed by atoms with Gasteiger partial charge in [0.05, 0.1) is 11.8 Å². The van der Waals surface area contributed by atoms with Gasteiger partial charge < -0.3 is 10.6 Å². The van der Waals surface area contributed by atoms with E-state index >= 15 is 0 Å². The van der Waals surface area contributed by atoms with Crippen LogP contribution in [0, 0.1) is 11.8 Å². The van der Waals surface area contributed by atoms with Gasteiger partial charge in [-0.1, -0.05) is 24.3 Å². The number of fused-ring (bicyclic) bond motifs is 1. The number of hydrogen-bond acceptors (Lipinski definition) is 4. The Balaban J connectivity index is 1.37. The molecule has 2 atom stereocenters. The second-order valence-electron chi connectivity index (χ2n) is 7.67. The first kappa shape index (κ1) is 17.2. The lowest BCUT2D eigenvalue weighted by Crippen LogP contribution is -2.46. The summed E-state index contributed by atoms with van der Waals surface area (Å²) >= 11 is 0. The molecule has 2 heterocycles. The molecule has 0 aromatic carbocycles. The lowest BCUT2D eigenvalue weighted by molar-refractivity contribution is -0.135. The molecule has 0 aromatic rings. The van der Waals surface area contributed by atoms with Crippen LogP contribution in [0.2, 0.25) is 0 Å².